The fourth-order valence-electron chi connectivity index (χ4n) is 1.20. The number of phenolic OH excluding ortho intramolecular Hbond substituents is 1. The lowest BCUT2D eigenvalue weighted by Gasteiger charge is -2.08. The molecule has 6 nitrogen and oxygen atoms in total. The number of phenols is 1. The normalized spacial score (nSPS) is 11.6. The van der Waals surface area contributed by atoms with E-state index in [4.69, 9.17) is 5.73 Å². The predicted molar refractivity (Wildman–Crippen MR) is 65.0 cm³/mol. The number of anilines is 1. The Morgan fingerprint density at radius 1 is 1.47 bits per heavy atom. The fourth-order valence-corrected chi connectivity index (χ4v) is 2.11. The minimum Gasteiger partial charge on any atom is -0.508 e. The molecule has 0 saturated carbocycles. The molecule has 0 fully saturated rings. The van der Waals surface area contributed by atoms with Crippen molar-refractivity contribution in [3.05, 3.63) is 23.8 Å². The van der Waals surface area contributed by atoms with Gasteiger partial charge in [-0.25, -0.2) is 13.1 Å². The van der Waals surface area contributed by atoms with E-state index in [1.165, 1.54) is 25.3 Å². The zero-order valence-corrected chi connectivity index (χ0v) is 10.3. The smallest absolute Gasteiger partial charge is 0.214 e. The van der Waals surface area contributed by atoms with Gasteiger partial charge in [0.25, 0.3) is 0 Å². The largest absolute Gasteiger partial charge is 0.508 e. The number of hydrogen-bond donors (Lipinski definition) is 3. The zero-order chi connectivity index (χ0) is 12.9. The second-order valence-corrected chi connectivity index (χ2v) is 5.45. The summed E-state index contributed by atoms with van der Waals surface area (Å²) in [5.74, 6) is -0.110. The van der Waals surface area contributed by atoms with Crippen molar-refractivity contribution in [1.82, 2.24) is 4.72 Å². The van der Waals surface area contributed by atoms with Crippen LogP contribution in [0.3, 0.4) is 0 Å². The van der Waals surface area contributed by atoms with Crippen LogP contribution in [0.25, 0.3) is 0 Å². The molecule has 0 bridgehead atoms. The van der Waals surface area contributed by atoms with E-state index in [1.54, 1.807) is 0 Å². The van der Waals surface area contributed by atoms with Crippen LogP contribution in [0.15, 0.2) is 18.2 Å². The Balaban J connectivity index is 2.64. The van der Waals surface area contributed by atoms with E-state index in [0.717, 1.165) is 0 Å². The molecule has 1 aromatic rings. The van der Waals surface area contributed by atoms with Crippen LogP contribution in [0.2, 0.25) is 0 Å². The van der Waals surface area contributed by atoms with Crippen molar-refractivity contribution in [2.24, 2.45) is 0 Å². The molecule has 7 heteroatoms. The summed E-state index contributed by atoms with van der Waals surface area (Å²) in [6.45, 7) is 0.126. The van der Waals surface area contributed by atoms with Gasteiger partial charge in [-0.1, -0.05) is 0 Å². The molecule has 0 amide bonds. The average Bonchev–Trinajstić information content (AvgIpc) is 2.28. The van der Waals surface area contributed by atoms with Crippen molar-refractivity contribution in [3.8, 4) is 5.75 Å². The molecule has 0 aromatic heterocycles. The number of nitrogens with two attached hydrogens (primary N) is 1. The molecule has 0 saturated heterocycles. The van der Waals surface area contributed by atoms with Gasteiger partial charge >= 0.3 is 0 Å². The van der Waals surface area contributed by atoms with Crippen molar-refractivity contribution < 1.29 is 18.3 Å². The molecule has 0 aliphatic heterocycles. The van der Waals surface area contributed by atoms with Crippen molar-refractivity contribution in [3.63, 3.8) is 0 Å². The molecule has 0 radical (unpaired) electrons. The van der Waals surface area contributed by atoms with Gasteiger partial charge in [0.15, 0.2) is 0 Å². The minimum absolute atomic E-state index is 0.00290. The Kier molecular flexibility index (Phi) is 4.73. The maximum Gasteiger partial charge on any atom is 0.214 e. The number of benzene rings is 1. The lowest BCUT2D eigenvalue weighted by molar-refractivity contribution is 0.217. The van der Waals surface area contributed by atoms with Gasteiger partial charge in [-0.15, -0.1) is 0 Å². The van der Waals surface area contributed by atoms with Crippen LogP contribution in [0, 0.1) is 0 Å². The third-order valence-corrected chi connectivity index (χ3v) is 3.43. The highest BCUT2D eigenvalue weighted by atomic mass is 32.2. The fraction of sp³-hybridized carbons (Fsp3) is 0.400. The molecule has 0 aliphatic rings. The summed E-state index contributed by atoms with van der Waals surface area (Å²) in [7, 11) is -1.97. The van der Waals surface area contributed by atoms with Crippen molar-refractivity contribution >= 4 is 15.7 Å². The summed E-state index contributed by atoms with van der Waals surface area (Å²) in [6, 6.07) is 4.49. The summed E-state index contributed by atoms with van der Waals surface area (Å²) in [5.41, 5.74) is 6.44. The van der Waals surface area contributed by atoms with E-state index in [9.17, 15) is 13.5 Å². The van der Waals surface area contributed by atoms with Gasteiger partial charge in [-0.3, -0.25) is 0 Å². The number of rotatable bonds is 6. The van der Waals surface area contributed by atoms with Crippen LogP contribution < -0.4 is 10.5 Å². The summed E-state index contributed by atoms with van der Waals surface area (Å²) < 4.78 is 29.9. The van der Waals surface area contributed by atoms with Crippen LogP contribution in [0.4, 0.5) is 5.69 Å². The molecule has 1 rings (SSSR count). The number of hydrogen-bond acceptors (Lipinski definition) is 5. The Bertz CT molecular complexity index is 473. The maximum absolute atomic E-state index is 11.5. The minimum atomic E-state index is -3.40. The predicted octanol–water partition coefficient (Wildman–Crippen LogP) is 0.0402. The molecule has 4 N–H and O–H groups in total. The highest BCUT2D eigenvalue weighted by Crippen LogP contribution is 2.19. The summed E-state index contributed by atoms with van der Waals surface area (Å²) >= 11 is 0. The molecule has 0 aliphatic carbocycles. The molecule has 0 atom stereocenters. The maximum atomic E-state index is 11.5. The third-order valence-electron chi connectivity index (χ3n) is 2.14. The first kappa shape index (κ1) is 13.8. The van der Waals surface area contributed by atoms with Crippen LogP contribution in [0.5, 0.6) is 5.75 Å². The summed E-state index contributed by atoms with van der Waals surface area (Å²) in [6.07, 6.45) is 0. The second-order valence-electron chi connectivity index (χ2n) is 3.52. The van der Waals surface area contributed by atoms with E-state index in [1.807, 2.05) is 0 Å². The molecule has 96 valence electrons. The van der Waals surface area contributed by atoms with E-state index in [-0.39, 0.29) is 24.7 Å². The van der Waals surface area contributed by atoms with E-state index in [0.29, 0.717) is 11.3 Å². The number of methoxy groups -OCH3 is 1. The standard InChI is InChI=1S/C10H16N2O4S/c1-16-4-5-17(14,15)12-7-8-6-9(11)2-3-10(8)13/h2-3,6,12-13H,4-5,7,11H2,1H3. The molecule has 1 aromatic carbocycles. The van der Waals surface area contributed by atoms with Crippen molar-refractivity contribution in [2.75, 3.05) is 25.2 Å². The first-order valence-electron chi connectivity index (χ1n) is 4.98. The van der Waals surface area contributed by atoms with E-state index in [2.05, 4.69) is 9.46 Å². The number of nitrogen functional groups attached to an aromatic ring is 1. The molecular formula is C10H16N2O4S. The first-order chi connectivity index (χ1) is 7.94. The molecule has 0 spiro atoms. The van der Waals surface area contributed by atoms with Gasteiger partial charge in [0, 0.05) is 24.9 Å². The van der Waals surface area contributed by atoms with Gasteiger partial charge in [0.2, 0.25) is 10.0 Å². The lowest BCUT2D eigenvalue weighted by Crippen LogP contribution is -2.27. The SMILES string of the molecule is COCCS(=O)(=O)NCc1cc(N)ccc1O. The molecule has 0 unspecified atom stereocenters. The average molecular weight is 260 g/mol. The number of ether oxygens (including phenoxy) is 1. The highest BCUT2D eigenvalue weighted by molar-refractivity contribution is 7.89. The third kappa shape index (κ3) is 4.59. The quantitative estimate of drug-likeness (QED) is 0.495. The molecule has 17 heavy (non-hydrogen) atoms. The molecular weight excluding hydrogens is 244 g/mol. The lowest BCUT2D eigenvalue weighted by atomic mass is 10.2. The van der Waals surface area contributed by atoms with Crippen molar-refractivity contribution in [1.29, 1.82) is 0 Å². The Morgan fingerprint density at radius 2 is 2.18 bits per heavy atom. The summed E-state index contributed by atoms with van der Waals surface area (Å²) in [4.78, 5) is 0. The molecule has 0 heterocycles. The number of nitrogens with one attached hydrogen (secondary N) is 1. The van der Waals surface area contributed by atoms with Crippen LogP contribution in [-0.2, 0) is 21.3 Å². The van der Waals surface area contributed by atoms with Gasteiger partial charge in [-0.05, 0) is 18.2 Å². The summed E-state index contributed by atoms with van der Waals surface area (Å²) in [5, 5.41) is 9.49. The van der Waals surface area contributed by atoms with Crippen molar-refractivity contribution in [2.45, 2.75) is 6.54 Å². The van der Waals surface area contributed by atoms with E-state index >= 15 is 0 Å². The Morgan fingerprint density at radius 3 is 2.82 bits per heavy atom. The Labute approximate surface area is 100 Å². The van der Waals surface area contributed by atoms with E-state index < -0.39 is 10.0 Å². The second kappa shape index (κ2) is 5.85. The van der Waals surface area contributed by atoms with Crippen LogP contribution in [-0.4, -0.2) is 33.0 Å². The number of aromatic hydroxyl groups is 1. The topological polar surface area (TPSA) is 102 Å². The van der Waals surface area contributed by atoms with Crippen LogP contribution in [0.1, 0.15) is 5.56 Å². The monoisotopic (exact) mass is 260 g/mol. The zero-order valence-electron chi connectivity index (χ0n) is 9.51. The number of sulfonamides is 1. The van der Waals surface area contributed by atoms with Gasteiger partial charge in [-0.2, -0.15) is 0 Å². The highest BCUT2D eigenvalue weighted by Gasteiger charge is 2.11. The van der Waals surface area contributed by atoms with Gasteiger partial charge < -0.3 is 15.6 Å². The van der Waals surface area contributed by atoms with Gasteiger partial charge in [0.05, 0.1) is 12.4 Å². The first-order valence-corrected chi connectivity index (χ1v) is 6.63. The Hall–Kier alpha value is -1.31. The van der Waals surface area contributed by atoms with Crippen LogP contribution >= 0.6 is 0 Å². The van der Waals surface area contributed by atoms with Gasteiger partial charge in [0.1, 0.15) is 5.75 Å².